The molecule has 0 aromatic heterocycles. The molecule has 0 spiro atoms. The van der Waals surface area contributed by atoms with Gasteiger partial charge in [0.05, 0.1) is 0 Å². The lowest BCUT2D eigenvalue weighted by Gasteiger charge is -1.05. The smallest absolute Gasteiger partial charge is 0.0533 e. The van der Waals surface area contributed by atoms with E-state index in [1.54, 1.807) is 0 Å². The van der Waals surface area contributed by atoms with E-state index in [9.17, 15) is 0 Å². The largest absolute Gasteiger partial charge is 0.0533 e. The Balaban J connectivity index is 0.000000211. The minimum absolute atomic E-state index is 1.50. The molecule has 0 aromatic carbocycles. The number of hydrogen-bond acceptors (Lipinski definition) is 0. The van der Waals surface area contributed by atoms with Crippen molar-refractivity contribution in [3.63, 3.8) is 0 Å². The van der Waals surface area contributed by atoms with Gasteiger partial charge in [-0.25, -0.2) is 0 Å². The van der Waals surface area contributed by atoms with E-state index in [1.165, 1.54) is 250 Å². The summed E-state index contributed by atoms with van der Waals surface area (Å²) < 4.78 is 0. The van der Waals surface area contributed by atoms with E-state index < -0.39 is 0 Å². The van der Waals surface area contributed by atoms with Gasteiger partial charge in [0.1, 0.15) is 0 Å². The SMILES string of the molecule is C1CC1.C1CC1.C1CC1.C1CC1.C1CC1.C1CC1.C1CC1.C1CC1.C1CC1.C1CC1.C1CC1.C1CC1.C1CC1. The van der Waals surface area contributed by atoms with Crippen LogP contribution in [0.3, 0.4) is 0 Å². The van der Waals surface area contributed by atoms with Crippen molar-refractivity contribution in [1.82, 2.24) is 0 Å². The van der Waals surface area contributed by atoms with Gasteiger partial charge in [-0.05, 0) is 0 Å². The first-order valence-corrected chi connectivity index (χ1v) is 19.5. The van der Waals surface area contributed by atoms with Crippen molar-refractivity contribution in [2.24, 2.45) is 0 Å². The average molecular weight is 547 g/mol. The van der Waals surface area contributed by atoms with Crippen LogP contribution in [0.1, 0.15) is 250 Å². The molecule has 13 rings (SSSR count). The molecular weight excluding hydrogens is 468 g/mol. The lowest BCUT2D eigenvalue weighted by atomic mass is 11.0. The van der Waals surface area contributed by atoms with Crippen LogP contribution in [0.25, 0.3) is 0 Å². The first-order valence-electron chi connectivity index (χ1n) is 19.5. The summed E-state index contributed by atoms with van der Waals surface area (Å²) in [5.74, 6) is 0. The molecular formula is C39H78. The van der Waals surface area contributed by atoms with Crippen molar-refractivity contribution in [3.05, 3.63) is 0 Å². The molecule has 13 aliphatic rings. The molecule has 0 aromatic rings. The summed E-state index contributed by atoms with van der Waals surface area (Å²) in [5.41, 5.74) is 0. The quantitative estimate of drug-likeness (QED) is 0.283. The van der Waals surface area contributed by atoms with Crippen molar-refractivity contribution >= 4 is 0 Å². The van der Waals surface area contributed by atoms with Crippen LogP contribution in [-0.4, -0.2) is 0 Å². The maximum absolute atomic E-state index is 1.50. The van der Waals surface area contributed by atoms with Crippen molar-refractivity contribution in [3.8, 4) is 0 Å². The maximum atomic E-state index is 1.50. The zero-order valence-corrected chi connectivity index (χ0v) is 27.6. The highest BCUT2D eigenvalue weighted by Gasteiger charge is 1.98. The molecule has 0 N–H and O–H groups in total. The highest BCUT2D eigenvalue weighted by Crippen LogP contribution is 2.18. The van der Waals surface area contributed by atoms with Crippen LogP contribution in [0.15, 0.2) is 0 Å². The second kappa shape index (κ2) is 34.2. The lowest BCUT2D eigenvalue weighted by molar-refractivity contribution is 1.50. The molecule has 0 bridgehead atoms. The number of rotatable bonds is 0. The molecule has 39 heavy (non-hydrogen) atoms. The Morgan fingerprint density at radius 3 is 0.0769 bits per heavy atom. The van der Waals surface area contributed by atoms with Crippen LogP contribution in [0.5, 0.6) is 0 Å². The Hall–Kier alpha value is 0. The fourth-order valence-electron chi connectivity index (χ4n) is 0. The molecule has 0 heteroatoms. The van der Waals surface area contributed by atoms with Gasteiger partial charge in [-0.3, -0.25) is 0 Å². The highest BCUT2D eigenvalue weighted by molar-refractivity contribution is 4.54. The topological polar surface area (TPSA) is 0 Å². The molecule has 0 heterocycles. The average Bonchev–Trinajstić information content (AvgIpc) is 3.87. The van der Waals surface area contributed by atoms with Crippen molar-refractivity contribution in [2.45, 2.75) is 250 Å². The van der Waals surface area contributed by atoms with Gasteiger partial charge in [0.2, 0.25) is 0 Å². The predicted octanol–water partition coefficient (Wildman–Crippen LogP) is 15.2. The zero-order valence-electron chi connectivity index (χ0n) is 27.6. The van der Waals surface area contributed by atoms with Gasteiger partial charge in [-0.2, -0.15) is 0 Å². The van der Waals surface area contributed by atoms with Gasteiger partial charge >= 0.3 is 0 Å². The molecule has 234 valence electrons. The molecule has 0 saturated heterocycles. The monoisotopic (exact) mass is 547 g/mol. The zero-order chi connectivity index (χ0) is 27.6. The Morgan fingerprint density at radius 1 is 0.0513 bits per heavy atom. The highest BCUT2D eigenvalue weighted by atomic mass is 14.0. The summed E-state index contributed by atoms with van der Waals surface area (Å²) in [5, 5.41) is 0. The van der Waals surface area contributed by atoms with Crippen LogP contribution >= 0.6 is 0 Å². The maximum Gasteiger partial charge on any atom is -0.0533 e. The minimum Gasteiger partial charge on any atom is -0.0533 e. The molecule has 0 amide bonds. The minimum atomic E-state index is 1.50. The van der Waals surface area contributed by atoms with E-state index in [4.69, 9.17) is 0 Å². The first-order chi connectivity index (χ1) is 19.5. The van der Waals surface area contributed by atoms with Crippen LogP contribution in [0.2, 0.25) is 0 Å². The van der Waals surface area contributed by atoms with E-state index in [0.29, 0.717) is 0 Å². The molecule has 13 saturated carbocycles. The van der Waals surface area contributed by atoms with E-state index in [-0.39, 0.29) is 0 Å². The fraction of sp³-hybridized carbons (Fsp3) is 1.00. The summed E-state index contributed by atoms with van der Waals surface area (Å²) in [6.07, 6.45) is 58.5. The third kappa shape index (κ3) is 291. The molecule has 13 fully saturated rings. The summed E-state index contributed by atoms with van der Waals surface area (Å²) in [6.45, 7) is 0. The number of hydrogen-bond donors (Lipinski definition) is 0. The third-order valence-electron chi connectivity index (χ3n) is 4.60. The van der Waals surface area contributed by atoms with E-state index in [0.717, 1.165) is 0 Å². The van der Waals surface area contributed by atoms with Crippen LogP contribution in [-0.2, 0) is 0 Å². The summed E-state index contributed by atoms with van der Waals surface area (Å²) in [6, 6.07) is 0. The lowest BCUT2D eigenvalue weighted by Crippen LogP contribution is -0.856. The molecule has 0 atom stereocenters. The third-order valence-corrected chi connectivity index (χ3v) is 4.60. The van der Waals surface area contributed by atoms with Crippen molar-refractivity contribution in [1.29, 1.82) is 0 Å². The van der Waals surface area contributed by atoms with Gasteiger partial charge in [-0.1, -0.05) is 250 Å². The summed E-state index contributed by atoms with van der Waals surface area (Å²) in [7, 11) is 0. The van der Waals surface area contributed by atoms with Gasteiger partial charge in [0, 0.05) is 0 Å². The van der Waals surface area contributed by atoms with Crippen LogP contribution in [0, 0.1) is 0 Å². The van der Waals surface area contributed by atoms with Crippen molar-refractivity contribution in [2.75, 3.05) is 0 Å². The molecule has 0 radical (unpaired) electrons. The van der Waals surface area contributed by atoms with Crippen LogP contribution in [0.4, 0.5) is 0 Å². The molecule has 0 nitrogen and oxygen atoms in total. The van der Waals surface area contributed by atoms with Gasteiger partial charge in [0.15, 0.2) is 0 Å². The van der Waals surface area contributed by atoms with Gasteiger partial charge in [-0.15, -0.1) is 0 Å². The molecule has 0 unspecified atom stereocenters. The Morgan fingerprint density at radius 2 is 0.0769 bits per heavy atom. The predicted molar refractivity (Wildman–Crippen MR) is 180 cm³/mol. The Labute approximate surface area is 250 Å². The van der Waals surface area contributed by atoms with Crippen LogP contribution < -0.4 is 0 Å². The normalized spacial score (nSPS) is 24.0. The second-order valence-electron chi connectivity index (χ2n) is 13.8. The summed E-state index contributed by atoms with van der Waals surface area (Å²) >= 11 is 0. The van der Waals surface area contributed by atoms with Gasteiger partial charge < -0.3 is 0 Å². The molecule has 13 aliphatic carbocycles. The van der Waals surface area contributed by atoms with E-state index in [1.807, 2.05) is 0 Å². The van der Waals surface area contributed by atoms with Gasteiger partial charge in [0.25, 0.3) is 0 Å². The fourth-order valence-corrected chi connectivity index (χ4v) is 0. The standard InChI is InChI=1S/13C3H6/c13*1-2-3-1/h13*1-3H2. The summed E-state index contributed by atoms with van der Waals surface area (Å²) in [4.78, 5) is 0. The van der Waals surface area contributed by atoms with E-state index in [2.05, 4.69) is 0 Å². The Kier molecular flexibility index (Phi) is 32.5. The molecule has 0 aliphatic heterocycles. The second-order valence-corrected chi connectivity index (χ2v) is 13.8. The first kappa shape index (κ1) is 37.0. The van der Waals surface area contributed by atoms with Crippen molar-refractivity contribution < 1.29 is 0 Å². The van der Waals surface area contributed by atoms with E-state index >= 15 is 0 Å². The Bertz CT molecular complexity index is 206.